The van der Waals surface area contributed by atoms with Crippen LogP contribution in [0.4, 0.5) is 5.82 Å². The van der Waals surface area contributed by atoms with E-state index in [-0.39, 0.29) is 23.6 Å². The van der Waals surface area contributed by atoms with Gasteiger partial charge >= 0.3 is 0 Å². The van der Waals surface area contributed by atoms with Crippen LogP contribution in [0.2, 0.25) is 0 Å². The molecule has 0 unspecified atom stereocenters. The van der Waals surface area contributed by atoms with Gasteiger partial charge in [0.05, 0.1) is 12.1 Å². The second kappa shape index (κ2) is 6.76. The zero-order valence-corrected chi connectivity index (χ0v) is 15.4. The van der Waals surface area contributed by atoms with E-state index in [2.05, 4.69) is 20.4 Å². The van der Waals surface area contributed by atoms with Gasteiger partial charge in [-0.3, -0.25) is 9.59 Å². The van der Waals surface area contributed by atoms with Crippen LogP contribution in [0.25, 0.3) is 16.4 Å². The molecule has 0 bridgehead atoms. The zero-order chi connectivity index (χ0) is 19.0. The van der Waals surface area contributed by atoms with Crippen molar-refractivity contribution in [2.45, 2.75) is 20.3 Å². The molecule has 0 fully saturated rings. The summed E-state index contributed by atoms with van der Waals surface area (Å²) in [4.78, 5) is 32.8. The fraction of sp³-hybridized carbons (Fsp3) is 0.167. The normalized spacial score (nSPS) is 11.0. The summed E-state index contributed by atoms with van der Waals surface area (Å²) >= 11 is 1.23. The van der Waals surface area contributed by atoms with Crippen LogP contribution in [0.1, 0.15) is 17.1 Å². The summed E-state index contributed by atoms with van der Waals surface area (Å²) < 4.78 is 7.13. The van der Waals surface area contributed by atoms with Gasteiger partial charge in [0.2, 0.25) is 16.8 Å². The number of amides is 1. The highest BCUT2D eigenvalue weighted by molar-refractivity contribution is 7.15. The average Bonchev–Trinajstić information content (AvgIpc) is 3.20. The number of rotatable bonds is 4. The van der Waals surface area contributed by atoms with Crippen LogP contribution in [0.5, 0.6) is 0 Å². The minimum atomic E-state index is -0.374. The van der Waals surface area contributed by atoms with Crippen molar-refractivity contribution in [3.63, 3.8) is 0 Å². The number of thiazole rings is 1. The van der Waals surface area contributed by atoms with Gasteiger partial charge in [0, 0.05) is 10.9 Å². The number of nitrogens with one attached hydrogen (secondary N) is 1. The summed E-state index contributed by atoms with van der Waals surface area (Å²) in [6, 6.07) is 9.51. The number of aromatic nitrogens is 4. The molecule has 4 rings (SSSR count). The third-order valence-electron chi connectivity index (χ3n) is 3.95. The maximum absolute atomic E-state index is 12.5. The molecule has 0 saturated carbocycles. The zero-order valence-electron chi connectivity index (χ0n) is 14.6. The summed E-state index contributed by atoms with van der Waals surface area (Å²) in [6.45, 7) is 3.36. The topological polar surface area (TPSA) is 102 Å². The van der Waals surface area contributed by atoms with E-state index in [1.54, 1.807) is 19.2 Å². The van der Waals surface area contributed by atoms with Crippen molar-refractivity contribution in [2.24, 2.45) is 0 Å². The number of carbonyl (C=O) groups excluding carboxylic acids is 1. The predicted molar refractivity (Wildman–Crippen MR) is 101 cm³/mol. The van der Waals surface area contributed by atoms with Gasteiger partial charge in [-0.1, -0.05) is 18.2 Å². The molecule has 0 spiro atoms. The monoisotopic (exact) mass is 381 g/mol. The van der Waals surface area contributed by atoms with E-state index in [1.807, 2.05) is 30.3 Å². The molecule has 4 aromatic rings. The van der Waals surface area contributed by atoms with Gasteiger partial charge in [0.1, 0.15) is 17.3 Å². The van der Waals surface area contributed by atoms with Gasteiger partial charge in [0.15, 0.2) is 0 Å². The highest BCUT2D eigenvalue weighted by Crippen LogP contribution is 2.22. The maximum Gasteiger partial charge on any atom is 0.295 e. The maximum atomic E-state index is 12.5. The number of aryl methyl sites for hydroxylation is 2. The summed E-state index contributed by atoms with van der Waals surface area (Å²) in [6.07, 6.45) is 0.0616. The number of hydrogen-bond donors (Lipinski definition) is 1. The van der Waals surface area contributed by atoms with Crippen LogP contribution in [0, 0.1) is 13.8 Å². The number of nitrogens with zero attached hydrogens (tertiary/aromatic N) is 4. The van der Waals surface area contributed by atoms with Gasteiger partial charge in [-0.25, -0.2) is 4.98 Å². The minimum absolute atomic E-state index is 0.0616. The van der Waals surface area contributed by atoms with E-state index in [1.165, 1.54) is 15.9 Å². The Balaban J connectivity index is 1.54. The quantitative estimate of drug-likeness (QED) is 0.583. The highest BCUT2D eigenvalue weighted by Gasteiger charge is 2.16. The second-order valence-electron chi connectivity index (χ2n) is 5.93. The molecule has 0 aliphatic carbocycles. The predicted octanol–water partition coefficient (Wildman–Crippen LogP) is 2.60. The van der Waals surface area contributed by atoms with Crippen LogP contribution in [-0.4, -0.2) is 25.5 Å². The number of anilines is 1. The van der Waals surface area contributed by atoms with Crippen molar-refractivity contribution < 1.29 is 9.21 Å². The van der Waals surface area contributed by atoms with Crippen LogP contribution >= 0.6 is 11.3 Å². The number of hydrogen-bond acceptors (Lipinski definition) is 7. The van der Waals surface area contributed by atoms with Crippen molar-refractivity contribution >= 4 is 28.0 Å². The van der Waals surface area contributed by atoms with Crippen LogP contribution < -0.4 is 10.9 Å². The number of carbonyl (C=O) groups is 1. The van der Waals surface area contributed by atoms with E-state index in [0.29, 0.717) is 28.1 Å². The third kappa shape index (κ3) is 3.36. The molecule has 1 aromatic carbocycles. The van der Waals surface area contributed by atoms with Crippen molar-refractivity contribution in [2.75, 3.05) is 5.32 Å². The van der Waals surface area contributed by atoms with E-state index in [9.17, 15) is 9.59 Å². The molecule has 0 aliphatic rings. The van der Waals surface area contributed by atoms with Gasteiger partial charge in [0.25, 0.3) is 5.56 Å². The molecule has 1 amide bonds. The fourth-order valence-electron chi connectivity index (χ4n) is 2.56. The molecule has 0 aliphatic heterocycles. The minimum Gasteiger partial charge on any atom is -0.441 e. The Morgan fingerprint density at radius 1 is 1.22 bits per heavy atom. The van der Waals surface area contributed by atoms with Crippen molar-refractivity contribution in [1.82, 2.24) is 19.6 Å². The van der Waals surface area contributed by atoms with E-state index >= 15 is 0 Å². The summed E-state index contributed by atoms with van der Waals surface area (Å²) in [5, 5.41) is 8.64. The van der Waals surface area contributed by atoms with Crippen LogP contribution in [0.3, 0.4) is 0 Å². The Morgan fingerprint density at radius 3 is 2.78 bits per heavy atom. The first-order chi connectivity index (χ1) is 13.0. The van der Waals surface area contributed by atoms with Gasteiger partial charge in [-0.05, 0) is 26.0 Å². The molecule has 3 aromatic heterocycles. The molecular formula is C18H15N5O3S. The SMILES string of the molecule is Cc1oc(-c2ccccc2)nc1CC(=O)Nc1csc2nc(=O)c(C)nn12. The van der Waals surface area contributed by atoms with Gasteiger partial charge < -0.3 is 9.73 Å². The third-order valence-corrected chi connectivity index (χ3v) is 4.77. The second-order valence-corrected chi connectivity index (χ2v) is 6.77. The molecule has 0 atom stereocenters. The smallest absolute Gasteiger partial charge is 0.295 e. The molecular weight excluding hydrogens is 366 g/mol. The Hall–Kier alpha value is -3.33. The molecule has 0 radical (unpaired) electrons. The van der Waals surface area contributed by atoms with Crippen LogP contribution in [-0.2, 0) is 11.2 Å². The Labute approximate surface area is 157 Å². The number of benzene rings is 1. The molecule has 136 valence electrons. The van der Waals surface area contributed by atoms with Crippen molar-refractivity contribution in [3.05, 3.63) is 63.2 Å². The average molecular weight is 381 g/mol. The molecule has 9 heteroatoms. The van der Waals surface area contributed by atoms with E-state index < -0.39 is 0 Å². The lowest BCUT2D eigenvalue weighted by Gasteiger charge is -2.03. The van der Waals surface area contributed by atoms with E-state index in [0.717, 1.165) is 5.56 Å². The fourth-order valence-corrected chi connectivity index (χ4v) is 3.31. The summed E-state index contributed by atoms with van der Waals surface area (Å²) in [5.74, 6) is 1.28. The van der Waals surface area contributed by atoms with Crippen LogP contribution in [0.15, 0.2) is 44.9 Å². The molecule has 0 saturated heterocycles. The molecule has 8 nitrogen and oxygen atoms in total. The lowest BCUT2D eigenvalue weighted by Crippen LogP contribution is -2.19. The first kappa shape index (κ1) is 17.1. The molecule has 27 heavy (non-hydrogen) atoms. The Kier molecular flexibility index (Phi) is 4.28. The molecule has 3 heterocycles. The lowest BCUT2D eigenvalue weighted by molar-refractivity contribution is -0.115. The lowest BCUT2D eigenvalue weighted by atomic mass is 10.2. The summed E-state index contributed by atoms with van der Waals surface area (Å²) in [5.41, 5.74) is 1.31. The highest BCUT2D eigenvalue weighted by atomic mass is 32.1. The van der Waals surface area contributed by atoms with Crippen molar-refractivity contribution in [1.29, 1.82) is 0 Å². The number of oxazole rings is 1. The number of fused-ring (bicyclic) bond motifs is 1. The largest absolute Gasteiger partial charge is 0.441 e. The molecule has 1 N–H and O–H groups in total. The van der Waals surface area contributed by atoms with Gasteiger partial charge in [-0.2, -0.15) is 14.6 Å². The standard InChI is InChI=1S/C18H15N5O3S/c1-10-16(25)21-18-23(22-10)14(9-27-18)20-15(24)8-13-11(2)26-17(19-13)12-6-4-3-5-7-12/h3-7,9H,8H2,1-2H3,(H,20,24). The first-order valence-corrected chi connectivity index (χ1v) is 9.06. The summed E-state index contributed by atoms with van der Waals surface area (Å²) in [7, 11) is 0. The van der Waals surface area contributed by atoms with Crippen molar-refractivity contribution in [3.8, 4) is 11.5 Å². The first-order valence-electron chi connectivity index (χ1n) is 8.18. The Bertz CT molecular complexity index is 1190. The van der Waals surface area contributed by atoms with Gasteiger partial charge in [-0.15, -0.1) is 11.3 Å². The Morgan fingerprint density at radius 2 is 2.00 bits per heavy atom. The van der Waals surface area contributed by atoms with E-state index in [4.69, 9.17) is 4.42 Å².